The van der Waals surface area contributed by atoms with Gasteiger partial charge in [-0.15, -0.1) is 0 Å². The van der Waals surface area contributed by atoms with Gasteiger partial charge in [0.05, 0.1) is 7.11 Å². The van der Waals surface area contributed by atoms with Crippen molar-refractivity contribution < 1.29 is 9.53 Å². The van der Waals surface area contributed by atoms with Gasteiger partial charge in [-0.05, 0) is 51.0 Å². The number of ether oxygens (including phenoxy) is 1. The Morgan fingerprint density at radius 1 is 1.28 bits per heavy atom. The zero-order chi connectivity index (χ0) is 14.2. The average molecular weight is 275 g/mol. The summed E-state index contributed by atoms with van der Waals surface area (Å²) in [6, 6.07) is 0.273. The molecule has 0 fully saturated rings. The van der Waals surface area contributed by atoms with Crippen molar-refractivity contribution in [1.29, 1.82) is 0 Å². The highest BCUT2D eigenvalue weighted by molar-refractivity contribution is 7.99. The molecule has 0 rings (SSSR count). The molecule has 0 bridgehead atoms. The lowest BCUT2D eigenvalue weighted by molar-refractivity contribution is -0.148. The normalized spacial score (nSPS) is 14.9. The lowest BCUT2D eigenvalue weighted by atomic mass is 9.98. The summed E-state index contributed by atoms with van der Waals surface area (Å²) in [5, 5.41) is 3.32. The Balaban J connectivity index is 4.13. The molecule has 1 N–H and O–H groups in total. The van der Waals surface area contributed by atoms with Gasteiger partial charge < -0.3 is 4.74 Å². The van der Waals surface area contributed by atoms with Crippen LogP contribution in [0.2, 0.25) is 0 Å². The summed E-state index contributed by atoms with van der Waals surface area (Å²) in [6.45, 7) is 10.5. The molecule has 0 heterocycles. The van der Waals surface area contributed by atoms with E-state index < -0.39 is 5.54 Å². The van der Waals surface area contributed by atoms with Crippen LogP contribution in [-0.2, 0) is 9.53 Å². The van der Waals surface area contributed by atoms with E-state index >= 15 is 0 Å². The van der Waals surface area contributed by atoms with Crippen LogP contribution in [0.1, 0.15) is 47.5 Å². The van der Waals surface area contributed by atoms with E-state index in [1.165, 1.54) is 13.5 Å². The van der Waals surface area contributed by atoms with Crippen LogP contribution in [0.4, 0.5) is 0 Å². The summed E-state index contributed by atoms with van der Waals surface area (Å²) in [7, 11) is 1.45. The topological polar surface area (TPSA) is 38.3 Å². The summed E-state index contributed by atoms with van der Waals surface area (Å²) in [4.78, 5) is 11.8. The smallest absolute Gasteiger partial charge is 0.325 e. The van der Waals surface area contributed by atoms with Crippen LogP contribution in [0.25, 0.3) is 0 Å². The monoisotopic (exact) mass is 275 g/mol. The van der Waals surface area contributed by atoms with Gasteiger partial charge in [0.15, 0.2) is 0 Å². The molecule has 0 saturated heterocycles. The molecule has 0 spiro atoms. The van der Waals surface area contributed by atoms with Gasteiger partial charge in [0.1, 0.15) is 5.54 Å². The SMILES string of the molecule is COC(=O)C(C)(CCSCCC(C)C)NC(C)C. The van der Waals surface area contributed by atoms with Gasteiger partial charge in [-0.25, -0.2) is 0 Å². The summed E-state index contributed by atoms with van der Waals surface area (Å²) in [5.41, 5.74) is -0.562. The van der Waals surface area contributed by atoms with Crippen molar-refractivity contribution in [2.24, 2.45) is 5.92 Å². The maximum absolute atomic E-state index is 11.8. The fourth-order valence-electron chi connectivity index (χ4n) is 1.79. The third kappa shape index (κ3) is 7.27. The van der Waals surface area contributed by atoms with E-state index in [1.807, 2.05) is 32.5 Å². The molecule has 0 radical (unpaired) electrons. The number of rotatable bonds is 9. The van der Waals surface area contributed by atoms with Crippen LogP contribution in [0.15, 0.2) is 0 Å². The molecule has 1 atom stereocenters. The second-order valence-corrected chi connectivity index (χ2v) is 6.89. The number of carbonyl (C=O) groups is 1. The number of hydrogen-bond acceptors (Lipinski definition) is 4. The van der Waals surface area contributed by atoms with Gasteiger partial charge in [0, 0.05) is 6.04 Å². The van der Waals surface area contributed by atoms with Crippen LogP contribution in [0, 0.1) is 5.92 Å². The van der Waals surface area contributed by atoms with E-state index in [4.69, 9.17) is 4.74 Å². The molecule has 0 saturated carbocycles. The number of nitrogens with one attached hydrogen (secondary N) is 1. The van der Waals surface area contributed by atoms with E-state index in [0.29, 0.717) is 0 Å². The summed E-state index contributed by atoms with van der Waals surface area (Å²) in [6.07, 6.45) is 2.04. The third-order valence-corrected chi connectivity index (χ3v) is 3.85. The fourth-order valence-corrected chi connectivity index (χ4v) is 3.19. The van der Waals surface area contributed by atoms with Crippen LogP contribution in [0.3, 0.4) is 0 Å². The van der Waals surface area contributed by atoms with Gasteiger partial charge >= 0.3 is 5.97 Å². The second kappa shape index (κ2) is 8.81. The molecule has 108 valence electrons. The molecule has 18 heavy (non-hydrogen) atoms. The Hall–Kier alpha value is -0.220. The first-order valence-electron chi connectivity index (χ1n) is 6.75. The molecule has 0 aliphatic carbocycles. The summed E-state index contributed by atoms with van der Waals surface area (Å²) >= 11 is 1.92. The van der Waals surface area contributed by atoms with Crippen molar-refractivity contribution in [3.05, 3.63) is 0 Å². The average Bonchev–Trinajstić information content (AvgIpc) is 2.26. The van der Waals surface area contributed by atoms with E-state index in [2.05, 4.69) is 19.2 Å². The third-order valence-electron chi connectivity index (χ3n) is 2.83. The van der Waals surface area contributed by atoms with Crippen LogP contribution in [-0.4, -0.2) is 36.2 Å². The molecule has 0 aromatic rings. The van der Waals surface area contributed by atoms with Crippen LogP contribution in [0.5, 0.6) is 0 Å². The number of thioether (sulfide) groups is 1. The molecule has 0 aliphatic rings. The lowest BCUT2D eigenvalue weighted by Gasteiger charge is -2.30. The van der Waals surface area contributed by atoms with E-state index in [9.17, 15) is 4.79 Å². The van der Waals surface area contributed by atoms with Gasteiger partial charge in [0.25, 0.3) is 0 Å². The highest BCUT2D eigenvalue weighted by atomic mass is 32.2. The fraction of sp³-hybridized carbons (Fsp3) is 0.929. The maximum Gasteiger partial charge on any atom is 0.325 e. The molecular formula is C14H29NO2S. The molecule has 4 heteroatoms. The van der Waals surface area contributed by atoms with Gasteiger partial charge in [0.2, 0.25) is 0 Å². The first-order valence-corrected chi connectivity index (χ1v) is 7.91. The minimum atomic E-state index is -0.562. The van der Waals surface area contributed by atoms with Crippen molar-refractivity contribution >= 4 is 17.7 Å². The van der Waals surface area contributed by atoms with Gasteiger partial charge in [-0.1, -0.05) is 13.8 Å². The predicted molar refractivity (Wildman–Crippen MR) is 80.1 cm³/mol. The number of hydrogen-bond donors (Lipinski definition) is 1. The van der Waals surface area contributed by atoms with Gasteiger partial charge in [-0.2, -0.15) is 11.8 Å². The van der Waals surface area contributed by atoms with E-state index in [-0.39, 0.29) is 12.0 Å². The molecular weight excluding hydrogens is 246 g/mol. The Bertz CT molecular complexity index is 244. The molecule has 3 nitrogen and oxygen atoms in total. The van der Waals surface area contributed by atoms with Crippen molar-refractivity contribution in [3.8, 4) is 0 Å². The van der Waals surface area contributed by atoms with Crippen molar-refractivity contribution in [1.82, 2.24) is 5.32 Å². The Morgan fingerprint density at radius 2 is 1.89 bits per heavy atom. The Labute approximate surface area is 116 Å². The minimum absolute atomic E-state index is 0.166. The Kier molecular flexibility index (Phi) is 8.70. The second-order valence-electron chi connectivity index (χ2n) is 5.67. The largest absolute Gasteiger partial charge is 0.468 e. The first-order chi connectivity index (χ1) is 8.31. The summed E-state index contributed by atoms with van der Waals surface area (Å²) < 4.78 is 4.90. The molecule has 0 aromatic heterocycles. The predicted octanol–water partition coefficient (Wildman–Crippen LogP) is 3.09. The first kappa shape index (κ1) is 17.8. The van der Waals surface area contributed by atoms with Crippen molar-refractivity contribution in [2.75, 3.05) is 18.6 Å². The van der Waals surface area contributed by atoms with E-state index in [1.54, 1.807) is 0 Å². The zero-order valence-electron chi connectivity index (χ0n) is 12.7. The maximum atomic E-state index is 11.8. The van der Waals surface area contributed by atoms with Crippen LogP contribution < -0.4 is 5.32 Å². The van der Waals surface area contributed by atoms with E-state index in [0.717, 1.165) is 23.8 Å². The number of esters is 1. The number of carbonyl (C=O) groups excluding carboxylic acids is 1. The highest BCUT2D eigenvalue weighted by Crippen LogP contribution is 2.18. The molecule has 0 aliphatic heterocycles. The van der Waals surface area contributed by atoms with Crippen LogP contribution >= 0.6 is 11.8 Å². The summed E-state index contributed by atoms with van der Waals surface area (Å²) in [5.74, 6) is 2.73. The molecule has 0 amide bonds. The molecule has 0 aromatic carbocycles. The van der Waals surface area contributed by atoms with Gasteiger partial charge in [-0.3, -0.25) is 10.1 Å². The number of methoxy groups -OCH3 is 1. The minimum Gasteiger partial charge on any atom is -0.468 e. The molecule has 1 unspecified atom stereocenters. The Morgan fingerprint density at radius 3 is 2.33 bits per heavy atom. The highest BCUT2D eigenvalue weighted by Gasteiger charge is 2.34. The quantitative estimate of drug-likeness (QED) is 0.518. The zero-order valence-corrected chi connectivity index (χ0v) is 13.5. The lowest BCUT2D eigenvalue weighted by Crippen LogP contribution is -2.53. The standard InChI is InChI=1S/C14H29NO2S/c1-11(2)7-9-18-10-8-14(5,13(16)17-6)15-12(3)4/h11-12,15H,7-10H2,1-6H3. The van der Waals surface area contributed by atoms with Crippen molar-refractivity contribution in [2.45, 2.75) is 59.0 Å². The van der Waals surface area contributed by atoms with Crippen molar-refractivity contribution in [3.63, 3.8) is 0 Å².